The molecule has 3 N–H and O–H groups in total. The Morgan fingerprint density at radius 2 is 1.71 bits per heavy atom. The Hall–Kier alpha value is -1.06. The van der Waals surface area contributed by atoms with Crippen molar-refractivity contribution in [2.24, 2.45) is 5.84 Å². The highest BCUT2D eigenvalue weighted by Gasteiger charge is 2.14. The minimum Gasteiger partial charge on any atom is -0.271 e. The van der Waals surface area contributed by atoms with Crippen molar-refractivity contribution in [3.63, 3.8) is 0 Å². The van der Waals surface area contributed by atoms with E-state index in [0.29, 0.717) is 16.5 Å². The largest absolute Gasteiger partial charge is 0.271 e. The lowest BCUT2D eigenvalue weighted by Gasteiger charge is -2.19. The zero-order chi connectivity index (χ0) is 15.4. The fourth-order valence-electron chi connectivity index (χ4n) is 2.45. The zero-order valence-corrected chi connectivity index (χ0v) is 13.8. The van der Waals surface area contributed by atoms with Crippen molar-refractivity contribution >= 4 is 23.2 Å². The summed E-state index contributed by atoms with van der Waals surface area (Å²) in [5.41, 5.74) is 7.64. The molecule has 2 aromatic carbocycles. The summed E-state index contributed by atoms with van der Waals surface area (Å²) in [6.07, 6.45) is 1.54. The van der Waals surface area contributed by atoms with Gasteiger partial charge in [-0.25, -0.2) is 0 Å². The van der Waals surface area contributed by atoms with Gasteiger partial charge in [-0.2, -0.15) is 0 Å². The number of rotatable bonds is 5. The predicted molar refractivity (Wildman–Crippen MR) is 90.9 cm³/mol. The van der Waals surface area contributed by atoms with Gasteiger partial charge in [0, 0.05) is 16.1 Å². The standard InChI is InChI=1S/C17H20Cl2N2/c1-11-6-7-12(2)13(8-11)9-14(21-20)10-15-16(18)4-3-5-17(15)19/h3-8,14,21H,9-10,20H2,1-2H3. The van der Waals surface area contributed by atoms with E-state index in [2.05, 4.69) is 37.5 Å². The molecule has 2 aromatic rings. The van der Waals surface area contributed by atoms with Crippen molar-refractivity contribution in [3.8, 4) is 0 Å². The molecule has 0 heterocycles. The van der Waals surface area contributed by atoms with Crippen LogP contribution in [0.1, 0.15) is 22.3 Å². The van der Waals surface area contributed by atoms with Gasteiger partial charge in [0.15, 0.2) is 0 Å². The van der Waals surface area contributed by atoms with E-state index < -0.39 is 0 Å². The number of aryl methyl sites for hydroxylation is 2. The first-order valence-electron chi connectivity index (χ1n) is 6.96. The van der Waals surface area contributed by atoms with Gasteiger partial charge in [0.05, 0.1) is 0 Å². The first kappa shape index (κ1) is 16.3. The van der Waals surface area contributed by atoms with Crippen LogP contribution in [0.25, 0.3) is 0 Å². The van der Waals surface area contributed by atoms with Gasteiger partial charge in [-0.05, 0) is 55.5 Å². The van der Waals surface area contributed by atoms with Crippen LogP contribution in [0.4, 0.5) is 0 Å². The molecule has 2 nitrogen and oxygen atoms in total. The molecular weight excluding hydrogens is 303 g/mol. The molecule has 0 saturated carbocycles. The lowest BCUT2D eigenvalue weighted by molar-refractivity contribution is 0.521. The Balaban J connectivity index is 2.19. The maximum absolute atomic E-state index is 6.24. The molecule has 0 aromatic heterocycles. The van der Waals surface area contributed by atoms with Gasteiger partial charge in [0.1, 0.15) is 0 Å². The molecule has 0 radical (unpaired) electrons. The van der Waals surface area contributed by atoms with E-state index in [4.69, 9.17) is 29.0 Å². The molecular formula is C17H20Cl2N2. The average Bonchev–Trinajstić information content (AvgIpc) is 2.45. The fourth-order valence-corrected chi connectivity index (χ4v) is 3.00. The summed E-state index contributed by atoms with van der Waals surface area (Å²) in [6.45, 7) is 4.21. The third-order valence-corrected chi connectivity index (χ3v) is 4.43. The second-order valence-electron chi connectivity index (χ2n) is 5.40. The fraction of sp³-hybridized carbons (Fsp3) is 0.294. The highest BCUT2D eigenvalue weighted by Crippen LogP contribution is 2.26. The van der Waals surface area contributed by atoms with Crippen LogP contribution in [0.3, 0.4) is 0 Å². The van der Waals surface area contributed by atoms with Crippen LogP contribution >= 0.6 is 23.2 Å². The smallest absolute Gasteiger partial charge is 0.0453 e. The monoisotopic (exact) mass is 322 g/mol. The molecule has 0 bridgehead atoms. The first-order chi connectivity index (χ1) is 10.0. The number of nitrogens with one attached hydrogen (secondary N) is 1. The summed E-state index contributed by atoms with van der Waals surface area (Å²) in [6, 6.07) is 12.1. The summed E-state index contributed by atoms with van der Waals surface area (Å²) in [5, 5.41) is 1.37. The van der Waals surface area contributed by atoms with Crippen molar-refractivity contribution in [2.45, 2.75) is 32.7 Å². The number of hydrazine groups is 1. The second kappa shape index (κ2) is 7.28. The van der Waals surface area contributed by atoms with E-state index in [1.807, 2.05) is 18.2 Å². The molecule has 0 aliphatic carbocycles. The van der Waals surface area contributed by atoms with Crippen molar-refractivity contribution in [3.05, 3.63) is 68.7 Å². The minimum absolute atomic E-state index is 0.0860. The Kier molecular flexibility index (Phi) is 5.65. The van der Waals surface area contributed by atoms with E-state index >= 15 is 0 Å². The Morgan fingerprint density at radius 1 is 1.05 bits per heavy atom. The SMILES string of the molecule is Cc1ccc(C)c(CC(Cc2c(Cl)cccc2Cl)NN)c1. The van der Waals surface area contributed by atoms with Crippen LogP contribution in [-0.2, 0) is 12.8 Å². The molecule has 0 spiro atoms. The van der Waals surface area contributed by atoms with E-state index in [0.717, 1.165) is 12.0 Å². The molecule has 1 atom stereocenters. The molecule has 2 rings (SSSR count). The molecule has 4 heteroatoms. The number of nitrogens with two attached hydrogens (primary N) is 1. The Bertz CT molecular complexity index is 606. The molecule has 0 amide bonds. The van der Waals surface area contributed by atoms with E-state index in [1.54, 1.807) is 0 Å². The van der Waals surface area contributed by atoms with E-state index in [-0.39, 0.29) is 6.04 Å². The van der Waals surface area contributed by atoms with Gasteiger partial charge < -0.3 is 0 Å². The van der Waals surface area contributed by atoms with Crippen molar-refractivity contribution < 1.29 is 0 Å². The summed E-state index contributed by atoms with van der Waals surface area (Å²) < 4.78 is 0. The van der Waals surface area contributed by atoms with Crippen molar-refractivity contribution in [1.29, 1.82) is 0 Å². The van der Waals surface area contributed by atoms with Gasteiger partial charge in [-0.3, -0.25) is 11.3 Å². The lowest BCUT2D eigenvalue weighted by Crippen LogP contribution is -2.38. The minimum atomic E-state index is 0.0860. The van der Waals surface area contributed by atoms with Gasteiger partial charge in [0.25, 0.3) is 0 Å². The summed E-state index contributed by atoms with van der Waals surface area (Å²) >= 11 is 12.5. The number of hydrogen-bond donors (Lipinski definition) is 2. The summed E-state index contributed by atoms with van der Waals surface area (Å²) in [5.74, 6) is 5.72. The molecule has 1 unspecified atom stereocenters. The van der Waals surface area contributed by atoms with Crippen molar-refractivity contribution in [2.75, 3.05) is 0 Å². The van der Waals surface area contributed by atoms with E-state index in [9.17, 15) is 0 Å². The number of halogens is 2. The number of hydrogen-bond acceptors (Lipinski definition) is 2. The topological polar surface area (TPSA) is 38.0 Å². The molecule has 0 saturated heterocycles. The average molecular weight is 323 g/mol. The molecule has 112 valence electrons. The lowest BCUT2D eigenvalue weighted by atomic mass is 9.95. The third kappa shape index (κ3) is 4.21. The van der Waals surface area contributed by atoms with Gasteiger partial charge in [-0.15, -0.1) is 0 Å². The van der Waals surface area contributed by atoms with Crippen molar-refractivity contribution in [1.82, 2.24) is 5.43 Å². The normalized spacial score (nSPS) is 12.4. The zero-order valence-electron chi connectivity index (χ0n) is 12.3. The van der Waals surface area contributed by atoms with Crippen LogP contribution in [0, 0.1) is 13.8 Å². The molecule has 0 fully saturated rings. The van der Waals surface area contributed by atoms with Crippen LogP contribution < -0.4 is 11.3 Å². The predicted octanol–water partition coefficient (Wildman–Crippen LogP) is 4.23. The maximum Gasteiger partial charge on any atom is 0.0453 e. The second-order valence-corrected chi connectivity index (χ2v) is 6.22. The van der Waals surface area contributed by atoms with Gasteiger partial charge >= 0.3 is 0 Å². The quantitative estimate of drug-likeness (QED) is 0.638. The Labute approximate surface area is 136 Å². The van der Waals surface area contributed by atoms with Crippen LogP contribution in [-0.4, -0.2) is 6.04 Å². The molecule has 0 aliphatic heterocycles. The summed E-state index contributed by atoms with van der Waals surface area (Å²) in [7, 11) is 0. The Morgan fingerprint density at radius 3 is 2.33 bits per heavy atom. The van der Waals surface area contributed by atoms with Crippen LogP contribution in [0.5, 0.6) is 0 Å². The van der Waals surface area contributed by atoms with Crippen LogP contribution in [0.2, 0.25) is 10.0 Å². The highest BCUT2D eigenvalue weighted by molar-refractivity contribution is 6.36. The summed E-state index contributed by atoms with van der Waals surface area (Å²) in [4.78, 5) is 0. The molecule has 0 aliphatic rings. The first-order valence-corrected chi connectivity index (χ1v) is 7.72. The number of benzene rings is 2. The van der Waals surface area contributed by atoms with E-state index in [1.165, 1.54) is 16.7 Å². The van der Waals surface area contributed by atoms with Gasteiger partial charge in [-0.1, -0.05) is 53.0 Å². The third-order valence-electron chi connectivity index (χ3n) is 3.72. The maximum atomic E-state index is 6.24. The van der Waals surface area contributed by atoms with Gasteiger partial charge in [0.2, 0.25) is 0 Å². The highest BCUT2D eigenvalue weighted by atomic mass is 35.5. The molecule has 21 heavy (non-hydrogen) atoms. The van der Waals surface area contributed by atoms with Crippen LogP contribution in [0.15, 0.2) is 36.4 Å².